The molecular formula is C11H17ClN2O3S. The van der Waals surface area contributed by atoms with E-state index in [9.17, 15) is 8.42 Å². The number of rotatable bonds is 4. The van der Waals surface area contributed by atoms with Gasteiger partial charge < -0.3 is 4.52 Å². The molecule has 0 amide bonds. The number of hydrogen-bond acceptors (Lipinski definition) is 4. The van der Waals surface area contributed by atoms with Crippen LogP contribution in [0.5, 0.6) is 0 Å². The fraction of sp³-hybridized carbons (Fsp3) is 0.727. The zero-order valence-electron chi connectivity index (χ0n) is 10.4. The Balaban J connectivity index is 2.23. The van der Waals surface area contributed by atoms with Gasteiger partial charge in [-0.05, 0) is 32.6 Å². The Labute approximate surface area is 112 Å². The molecule has 1 saturated carbocycles. The van der Waals surface area contributed by atoms with Crippen molar-refractivity contribution in [3.63, 3.8) is 0 Å². The Morgan fingerprint density at radius 3 is 2.72 bits per heavy atom. The lowest BCUT2D eigenvalue weighted by Gasteiger charge is -2.18. The zero-order valence-corrected chi connectivity index (χ0v) is 12.0. The van der Waals surface area contributed by atoms with E-state index in [0.29, 0.717) is 17.3 Å². The monoisotopic (exact) mass is 292 g/mol. The summed E-state index contributed by atoms with van der Waals surface area (Å²) in [5.74, 6) is 1.01. The van der Waals surface area contributed by atoms with Crippen molar-refractivity contribution in [2.45, 2.75) is 44.0 Å². The molecule has 1 aliphatic carbocycles. The zero-order chi connectivity index (χ0) is 13.3. The van der Waals surface area contributed by atoms with Crippen LogP contribution < -0.4 is 4.72 Å². The third-order valence-electron chi connectivity index (χ3n) is 3.40. The normalized spacial score (nSPS) is 24.6. The molecule has 1 aromatic heterocycles. The van der Waals surface area contributed by atoms with Crippen LogP contribution in [0.4, 0.5) is 0 Å². The van der Waals surface area contributed by atoms with Crippen molar-refractivity contribution in [1.82, 2.24) is 9.88 Å². The van der Waals surface area contributed by atoms with Gasteiger partial charge in [-0.1, -0.05) is 11.6 Å². The largest absolute Gasteiger partial charge is 0.360 e. The third-order valence-corrected chi connectivity index (χ3v) is 5.53. The van der Waals surface area contributed by atoms with E-state index in [2.05, 4.69) is 9.88 Å². The van der Waals surface area contributed by atoms with E-state index >= 15 is 0 Å². The molecule has 1 aromatic rings. The highest BCUT2D eigenvalue weighted by Gasteiger charge is 2.33. The van der Waals surface area contributed by atoms with Crippen molar-refractivity contribution in [2.75, 3.05) is 5.88 Å². The molecule has 102 valence electrons. The first-order valence-corrected chi connectivity index (χ1v) is 7.98. The summed E-state index contributed by atoms with van der Waals surface area (Å²) in [6.45, 7) is 3.22. The Morgan fingerprint density at radius 1 is 1.44 bits per heavy atom. The van der Waals surface area contributed by atoms with Crippen LogP contribution in [0.15, 0.2) is 9.42 Å². The quantitative estimate of drug-likeness (QED) is 0.861. The van der Waals surface area contributed by atoms with E-state index in [-0.39, 0.29) is 16.9 Å². The van der Waals surface area contributed by atoms with Gasteiger partial charge >= 0.3 is 0 Å². The standard InChI is InChI=1S/C11H17ClN2O3S/c1-7-11(8(2)17-13-7)18(15,16)14-10-5-3-4-9(10)6-12/h9-10,14H,3-6H2,1-2H3. The Morgan fingerprint density at radius 2 is 2.17 bits per heavy atom. The predicted octanol–water partition coefficient (Wildman–Crippen LogP) is 1.98. The van der Waals surface area contributed by atoms with E-state index in [1.54, 1.807) is 13.8 Å². The molecule has 1 aliphatic rings. The van der Waals surface area contributed by atoms with Crippen molar-refractivity contribution < 1.29 is 12.9 Å². The summed E-state index contributed by atoms with van der Waals surface area (Å²) < 4.78 is 32.2. The van der Waals surface area contributed by atoms with Crippen LogP contribution in [0.3, 0.4) is 0 Å². The minimum atomic E-state index is -3.57. The summed E-state index contributed by atoms with van der Waals surface area (Å²) >= 11 is 5.85. The van der Waals surface area contributed by atoms with Gasteiger partial charge in [-0.3, -0.25) is 0 Å². The minimum Gasteiger partial charge on any atom is -0.360 e. The van der Waals surface area contributed by atoms with E-state index in [0.717, 1.165) is 19.3 Å². The molecule has 0 bridgehead atoms. The highest BCUT2D eigenvalue weighted by Crippen LogP contribution is 2.29. The molecule has 0 aromatic carbocycles. The van der Waals surface area contributed by atoms with Crippen molar-refractivity contribution in [1.29, 1.82) is 0 Å². The summed E-state index contributed by atoms with van der Waals surface area (Å²) in [7, 11) is -3.57. The van der Waals surface area contributed by atoms with Crippen LogP contribution in [0, 0.1) is 19.8 Å². The number of nitrogens with one attached hydrogen (secondary N) is 1. The topological polar surface area (TPSA) is 72.2 Å². The Hall–Kier alpha value is -0.590. The number of halogens is 1. The molecule has 1 heterocycles. The second-order valence-corrected chi connectivity index (χ2v) is 6.69. The highest BCUT2D eigenvalue weighted by molar-refractivity contribution is 7.89. The molecular weight excluding hydrogens is 276 g/mol. The first-order chi connectivity index (χ1) is 8.45. The van der Waals surface area contributed by atoms with Crippen LogP contribution in [-0.2, 0) is 10.0 Å². The molecule has 1 N–H and O–H groups in total. The number of sulfonamides is 1. The maximum Gasteiger partial charge on any atom is 0.246 e. The molecule has 0 spiro atoms. The maximum atomic E-state index is 12.3. The van der Waals surface area contributed by atoms with E-state index in [1.807, 2.05) is 0 Å². The summed E-state index contributed by atoms with van der Waals surface area (Å²) in [5, 5.41) is 3.68. The van der Waals surface area contributed by atoms with Crippen molar-refractivity contribution in [3.05, 3.63) is 11.5 Å². The molecule has 0 saturated heterocycles. The van der Waals surface area contributed by atoms with Gasteiger partial charge in [-0.15, -0.1) is 11.6 Å². The Kier molecular flexibility index (Phi) is 3.99. The lowest BCUT2D eigenvalue weighted by Crippen LogP contribution is -2.38. The minimum absolute atomic E-state index is 0.0822. The van der Waals surface area contributed by atoms with Gasteiger partial charge in [0.15, 0.2) is 5.76 Å². The van der Waals surface area contributed by atoms with Gasteiger partial charge in [-0.2, -0.15) is 0 Å². The Bertz CT molecular complexity index is 507. The number of nitrogens with zero attached hydrogens (tertiary/aromatic N) is 1. The molecule has 0 aliphatic heterocycles. The molecule has 18 heavy (non-hydrogen) atoms. The van der Waals surface area contributed by atoms with Crippen LogP contribution in [0.1, 0.15) is 30.7 Å². The average molecular weight is 293 g/mol. The fourth-order valence-corrected chi connectivity index (χ4v) is 4.53. The summed E-state index contributed by atoms with van der Waals surface area (Å²) in [6.07, 6.45) is 2.81. The molecule has 2 unspecified atom stereocenters. The smallest absolute Gasteiger partial charge is 0.246 e. The first kappa shape index (κ1) is 13.8. The summed E-state index contributed by atoms with van der Waals surface area (Å²) in [4.78, 5) is 0.155. The molecule has 0 radical (unpaired) electrons. The lowest BCUT2D eigenvalue weighted by atomic mass is 10.1. The van der Waals surface area contributed by atoms with Gasteiger partial charge in [-0.25, -0.2) is 13.1 Å². The number of aromatic nitrogens is 1. The highest BCUT2D eigenvalue weighted by atomic mass is 35.5. The molecule has 7 heteroatoms. The van der Waals surface area contributed by atoms with Crippen molar-refractivity contribution in [2.24, 2.45) is 5.92 Å². The summed E-state index contributed by atoms with van der Waals surface area (Å²) in [6, 6.07) is -0.0822. The first-order valence-electron chi connectivity index (χ1n) is 5.97. The van der Waals surface area contributed by atoms with Gasteiger partial charge in [0.05, 0.1) is 0 Å². The molecule has 5 nitrogen and oxygen atoms in total. The summed E-state index contributed by atoms with van der Waals surface area (Å²) in [5.41, 5.74) is 0.389. The lowest BCUT2D eigenvalue weighted by molar-refractivity contribution is 0.390. The number of aryl methyl sites for hydroxylation is 2. The average Bonchev–Trinajstić information content (AvgIpc) is 2.85. The van der Waals surface area contributed by atoms with Gasteiger partial charge in [0.25, 0.3) is 0 Å². The predicted molar refractivity (Wildman–Crippen MR) is 68.1 cm³/mol. The number of hydrogen-bond donors (Lipinski definition) is 1. The van der Waals surface area contributed by atoms with Crippen LogP contribution in [0.25, 0.3) is 0 Å². The second-order valence-electron chi connectivity index (χ2n) is 4.73. The van der Waals surface area contributed by atoms with Crippen LogP contribution in [-0.4, -0.2) is 25.5 Å². The van der Waals surface area contributed by atoms with Crippen LogP contribution in [0.2, 0.25) is 0 Å². The molecule has 2 rings (SSSR count). The van der Waals surface area contributed by atoms with Gasteiger partial charge in [0.2, 0.25) is 10.0 Å². The van der Waals surface area contributed by atoms with Crippen molar-refractivity contribution >= 4 is 21.6 Å². The van der Waals surface area contributed by atoms with Crippen molar-refractivity contribution in [3.8, 4) is 0 Å². The second kappa shape index (κ2) is 5.19. The van der Waals surface area contributed by atoms with E-state index < -0.39 is 10.0 Å². The fourth-order valence-electron chi connectivity index (χ4n) is 2.49. The SMILES string of the molecule is Cc1noc(C)c1S(=O)(=O)NC1CCCC1CCl. The third kappa shape index (κ3) is 2.55. The number of alkyl halides is 1. The van der Waals surface area contributed by atoms with E-state index in [1.165, 1.54) is 0 Å². The maximum absolute atomic E-state index is 12.3. The molecule has 2 atom stereocenters. The van der Waals surface area contributed by atoms with Crippen LogP contribution >= 0.6 is 11.6 Å². The van der Waals surface area contributed by atoms with E-state index in [4.69, 9.17) is 16.1 Å². The van der Waals surface area contributed by atoms with Gasteiger partial charge in [0.1, 0.15) is 10.6 Å². The molecule has 1 fully saturated rings. The van der Waals surface area contributed by atoms with Gasteiger partial charge in [0, 0.05) is 11.9 Å².